The topological polar surface area (TPSA) is 108 Å². The number of hydrogen-bond acceptors (Lipinski definition) is 6. The van der Waals surface area contributed by atoms with Gasteiger partial charge in [-0.05, 0) is 80.6 Å². The molecular formula is C26H36N2O5S. The second-order valence-corrected chi connectivity index (χ2v) is 11.4. The predicted octanol–water partition coefficient (Wildman–Crippen LogP) is 3.19. The number of thiol groups is 1. The van der Waals surface area contributed by atoms with Gasteiger partial charge in [0, 0.05) is 11.2 Å². The Balaban J connectivity index is 1.42. The summed E-state index contributed by atoms with van der Waals surface area (Å²) < 4.78 is 0. The minimum absolute atomic E-state index is 0.00443. The molecule has 7 nitrogen and oxygen atoms in total. The number of carbonyl (C=O) groups is 2. The Morgan fingerprint density at radius 1 is 1.26 bits per heavy atom. The monoisotopic (exact) mass is 488 g/mol. The molecule has 1 amide bonds. The van der Waals surface area contributed by atoms with Crippen LogP contribution in [-0.4, -0.2) is 51.8 Å². The van der Waals surface area contributed by atoms with E-state index >= 15 is 0 Å². The lowest BCUT2D eigenvalue weighted by molar-refractivity contribution is -0.141. The van der Waals surface area contributed by atoms with E-state index in [1.165, 1.54) is 5.57 Å². The zero-order chi connectivity index (χ0) is 24.7. The quantitative estimate of drug-likeness (QED) is 0.261. The molecule has 3 fully saturated rings. The molecule has 0 aliphatic heterocycles. The Kier molecular flexibility index (Phi) is 6.82. The number of allylic oxidation sites excluding steroid dienone is 2. The molecule has 0 bridgehead atoms. The van der Waals surface area contributed by atoms with Crippen molar-refractivity contribution in [1.82, 2.24) is 5.32 Å². The summed E-state index contributed by atoms with van der Waals surface area (Å²) in [5.74, 6) is 2.71. The molecule has 0 unspecified atom stereocenters. The number of terminal acetylenes is 1. The van der Waals surface area contributed by atoms with E-state index in [2.05, 4.69) is 48.9 Å². The number of carboxylic acids is 1. The fourth-order valence-electron chi connectivity index (χ4n) is 7.49. The van der Waals surface area contributed by atoms with Gasteiger partial charge in [-0.2, -0.15) is 12.6 Å². The Morgan fingerprint density at radius 3 is 2.68 bits per heavy atom. The van der Waals surface area contributed by atoms with Crippen LogP contribution in [0.15, 0.2) is 16.8 Å². The van der Waals surface area contributed by atoms with Crippen molar-refractivity contribution in [2.45, 2.75) is 76.9 Å². The van der Waals surface area contributed by atoms with E-state index in [9.17, 15) is 14.7 Å². The first-order chi connectivity index (χ1) is 16.1. The number of nitrogens with one attached hydrogen (secondary N) is 1. The molecule has 0 aromatic carbocycles. The third-order valence-corrected chi connectivity index (χ3v) is 9.93. The molecule has 0 aromatic rings. The molecule has 0 radical (unpaired) electrons. The highest BCUT2D eigenvalue weighted by Gasteiger charge is 2.63. The molecule has 7 atom stereocenters. The maximum absolute atomic E-state index is 11.9. The van der Waals surface area contributed by atoms with Crippen molar-refractivity contribution in [3.63, 3.8) is 0 Å². The van der Waals surface area contributed by atoms with Gasteiger partial charge in [-0.3, -0.25) is 4.79 Å². The van der Waals surface area contributed by atoms with Gasteiger partial charge < -0.3 is 20.4 Å². The van der Waals surface area contributed by atoms with Crippen LogP contribution in [0.4, 0.5) is 0 Å². The van der Waals surface area contributed by atoms with Gasteiger partial charge in [-0.15, -0.1) is 6.42 Å². The minimum Gasteiger partial charge on any atom is -0.480 e. The molecule has 0 spiro atoms. The Morgan fingerprint density at radius 2 is 2.00 bits per heavy atom. The third kappa shape index (κ3) is 4.05. The second-order valence-electron chi connectivity index (χ2n) is 11.0. The van der Waals surface area contributed by atoms with Crippen LogP contribution in [0.25, 0.3) is 0 Å². The fourth-order valence-corrected chi connectivity index (χ4v) is 7.74. The summed E-state index contributed by atoms with van der Waals surface area (Å²) in [4.78, 5) is 28.2. The number of aliphatic carboxylic acids is 1. The molecule has 0 saturated heterocycles. The zero-order valence-electron chi connectivity index (χ0n) is 20.0. The summed E-state index contributed by atoms with van der Waals surface area (Å²) in [6.07, 6.45) is 15.5. The summed E-state index contributed by atoms with van der Waals surface area (Å²) >= 11 is 3.93. The molecular weight excluding hydrogens is 452 g/mol. The van der Waals surface area contributed by atoms with Crippen LogP contribution in [0.1, 0.15) is 65.2 Å². The molecule has 0 heterocycles. The van der Waals surface area contributed by atoms with Crippen molar-refractivity contribution in [3.8, 4) is 12.3 Å². The number of oxime groups is 1. The average Bonchev–Trinajstić information content (AvgIpc) is 3.08. The third-order valence-electron chi connectivity index (χ3n) is 9.56. The molecule has 3 saturated carbocycles. The zero-order valence-corrected chi connectivity index (χ0v) is 20.9. The first-order valence-electron chi connectivity index (χ1n) is 12.3. The van der Waals surface area contributed by atoms with Gasteiger partial charge in [-0.25, -0.2) is 4.79 Å². The van der Waals surface area contributed by atoms with Gasteiger partial charge in [0.05, 0.1) is 5.71 Å². The first-order valence-corrected chi connectivity index (χ1v) is 12.9. The number of aliphatic hydroxyl groups is 1. The van der Waals surface area contributed by atoms with Crippen molar-refractivity contribution < 1.29 is 24.6 Å². The SMILES string of the molecule is C#C[C@@]1(O)CC[C@@H]2[C@@H]3CCC4=CC(=NOCC(=O)N[C@@H](CS)C(=O)O)CC[C@]4(C)[C@@H]3CC[C@@]21C. The average molecular weight is 489 g/mol. The van der Waals surface area contributed by atoms with Crippen molar-refractivity contribution in [1.29, 1.82) is 0 Å². The smallest absolute Gasteiger partial charge is 0.327 e. The summed E-state index contributed by atoms with van der Waals surface area (Å²) in [7, 11) is 0. The predicted molar refractivity (Wildman–Crippen MR) is 132 cm³/mol. The van der Waals surface area contributed by atoms with Gasteiger partial charge in [0.2, 0.25) is 0 Å². The van der Waals surface area contributed by atoms with Crippen LogP contribution >= 0.6 is 12.6 Å². The van der Waals surface area contributed by atoms with Crippen molar-refractivity contribution >= 4 is 30.2 Å². The van der Waals surface area contributed by atoms with Gasteiger partial charge in [0.15, 0.2) is 6.61 Å². The maximum Gasteiger partial charge on any atom is 0.327 e. The van der Waals surface area contributed by atoms with E-state index in [-0.39, 0.29) is 23.2 Å². The standard InChI is InChI=1S/C26H36N2O5S/c1-4-26(32)12-9-20-18-6-5-16-13-17(28-33-14-22(29)27-21(15-34)23(30)31)7-10-24(16,2)19(18)8-11-25(20,26)3/h1,13,18-21,32,34H,5-12,14-15H2,2-3H3,(H,27,29)(H,30,31)/t18-,19-,20-,21+,24+,25+,26-/m1/s1. The summed E-state index contributed by atoms with van der Waals surface area (Å²) in [5.41, 5.74) is 1.17. The van der Waals surface area contributed by atoms with Crippen LogP contribution in [-0.2, 0) is 14.4 Å². The number of amides is 1. The Labute approximate surface area is 207 Å². The van der Waals surface area contributed by atoms with Crippen molar-refractivity contribution in [2.75, 3.05) is 12.4 Å². The maximum atomic E-state index is 11.9. The van der Waals surface area contributed by atoms with Gasteiger partial charge in [0.1, 0.15) is 11.6 Å². The first kappa shape index (κ1) is 25.1. The molecule has 8 heteroatoms. The summed E-state index contributed by atoms with van der Waals surface area (Å²) in [5, 5.41) is 26.7. The van der Waals surface area contributed by atoms with Crippen molar-refractivity contribution in [2.24, 2.45) is 33.7 Å². The largest absolute Gasteiger partial charge is 0.480 e. The molecule has 4 aliphatic carbocycles. The number of carbonyl (C=O) groups excluding carboxylic acids is 1. The highest BCUT2D eigenvalue weighted by Crippen LogP contribution is 2.67. The van der Waals surface area contributed by atoms with E-state index in [1.54, 1.807) is 0 Å². The molecule has 3 N–H and O–H groups in total. The minimum atomic E-state index is -1.13. The van der Waals surface area contributed by atoms with Crippen LogP contribution in [0.3, 0.4) is 0 Å². The summed E-state index contributed by atoms with van der Waals surface area (Å²) in [6, 6.07) is -1.05. The lowest BCUT2D eigenvalue weighted by Gasteiger charge is -2.58. The van der Waals surface area contributed by atoms with Crippen LogP contribution in [0, 0.1) is 40.9 Å². The van der Waals surface area contributed by atoms with E-state index in [0.29, 0.717) is 24.2 Å². The number of fused-ring (bicyclic) bond motifs is 5. The lowest BCUT2D eigenvalue weighted by Crippen LogP contribution is -2.54. The second kappa shape index (κ2) is 9.23. The van der Waals surface area contributed by atoms with E-state index in [1.807, 2.05) is 0 Å². The lowest BCUT2D eigenvalue weighted by atomic mass is 9.46. The van der Waals surface area contributed by atoms with E-state index in [0.717, 1.165) is 50.7 Å². The van der Waals surface area contributed by atoms with E-state index < -0.39 is 23.5 Å². The Hall–Kier alpha value is -1.98. The highest BCUT2D eigenvalue weighted by atomic mass is 32.1. The fraction of sp³-hybridized carbons (Fsp3) is 0.731. The van der Waals surface area contributed by atoms with E-state index in [4.69, 9.17) is 16.4 Å². The summed E-state index contributed by atoms with van der Waals surface area (Å²) in [6.45, 7) is 4.27. The number of carboxylic acid groups (broad SMARTS) is 1. The van der Waals surface area contributed by atoms with Crippen LogP contribution < -0.4 is 5.32 Å². The molecule has 34 heavy (non-hydrogen) atoms. The highest BCUT2D eigenvalue weighted by molar-refractivity contribution is 7.80. The van der Waals surface area contributed by atoms with Gasteiger partial charge in [0.25, 0.3) is 5.91 Å². The molecule has 0 aromatic heterocycles. The number of hydrogen-bond donors (Lipinski definition) is 4. The number of rotatable bonds is 6. The Bertz CT molecular complexity index is 957. The van der Waals surface area contributed by atoms with Crippen LogP contribution in [0.5, 0.6) is 0 Å². The van der Waals surface area contributed by atoms with Crippen molar-refractivity contribution in [3.05, 3.63) is 11.6 Å². The van der Waals surface area contributed by atoms with Gasteiger partial charge >= 0.3 is 5.97 Å². The van der Waals surface area contributed by atoms with Gasteiger partial charge in [-0.1, -0.05) is 30.5 Å². The number of nitrogens with zero attached hydrogens (tertiary/aromatic N) is 1. The van der Waals surface area contributed by atoms with Crippen LogP contribution in [0.2, 0.25) is 0 Å². The molecule has 4 rings (SSSR count). The molecule has 186 valence electrons. The molecule has 4 aliphatic rings. The normalized spacial score (nSPS) is 40.7.